The number of piperidine rings is 1. The fraction of sp³-hybridized carbons (Fsp3) is 0.333. The van der Waals surface area contributed by atoms with Crippen LogP contribution in [0, 0.1) is 0 Å². The van der Waals surface area contributed by atoms with Gasteiger partial charge in [-0.15, -0.1) is 4.73 Å². The molecule has 2 aromatic heterocycles. The van der Waals surface area contributed by atoms with Gasteiger partial charge in [0.15, 0.2) is 5.65 Å². The Morgan fingerprint density at radius 2 is 1.85 bits per heavy atom. The minimum atomic E-state index is -0.498. The molecular weight excluding hydrogens is 340 g/mol. The summed E-state index contributed by atoms with van der Waals surface area (Å²) >= 11 is 0. The van der Waals surface area contributed by atoms with Gasteiger partial charge in [0.1, 0.15) is 0 Å². The van der Waals surface area contributed by atoms with E-state index in [0.29, 0.717) is 22.3 Å². The van der Waals surface area contributed by atoms with E-state index in [2.05, 4.69) is 39.5 Å². The molecule has 27 heavy (non-hydrogen) atoms. The molecule has 1 saturated heterocycles. The second kappa shape index (κ2) is 7.80. The standard InChI is InChI=1S/C21H24N4O2/c26-20-13-19(18-8-5-9-22-21(18)25(20)27)23-14-16-6-4-7-17(12-16)15-24-10-2-1-3-11-24/h4-9,12-13,23,27H,1-3,10-11,14-15H2. The molecule has 1 aliphatic heterocycles. The van der Waals surface area contributed by atoms with Crippen molar-refractivity contribution in [1.29, 1.82) is 0 Å². The summed E-state index contributed by atoms with van der Waals surface area (Å²) in [5.41, 5.74) is 2.91. The highest BCUT2D eigenvalue weighted by Crippen LogP contribution is 2.20. The Kier molecular flexibility index (Phi) is 5.07. The van der Waals surface area contributed by atoms with Gasteiger partial charge in [-0.05, 0) is 49.2 Å². The quantitative estimate of drug-likeness (QED) is 0.680. The molecule has 1 aliphatic rings. The molecule has 4 rings (SSSR count). The van der Waals surface area contributed by atoms with E-state index in [-0.39, 0.29) is 5.65 Å². The summed E-state index contributed by atoms with van der Waals surface area (Å²) in [4.78, 5) is 18.6. The average molecular weight is 364 g/mol. The van der Waals surface area contributed by atoms with Crippen LogP contribution in [0.5, 0.6) is 0 Å². The van der Waals surface area contributed by atoms with E-state index in [1.54, 1.807) is 12.3 Å². The third-order valence-electron chi connectivity index (χ3n) is 5.08. The summed E-state index contributed by atoms with van der Waals surface area (Å²) in [6, 6.07) is 13.6. The molecule has 0 aliphatic carbocycles. The molecule has 0 unspecified atom stereocenters. The summed E-state index contributed by atoms with van der Waals surface area (Å²) < 4.78 is 0.583. The minimum absolute atomic E-state index is 0.256. The van der Waals surface area contributed by atoms with Crippen LogP contribution in [0.4, 0.5) is 5.69 Å². The van der Waals surface area contributed by atoms with E-state index in [1.165, 1.54) is 44.0 Å². The van der Waals surface area contributed by atoms with E-state index in [0.717, 1.165) is 12.1 Å². The van der Waals surface area contributed by atoms with E-state index >= 15 is 0 Å². The predicted molar refractivity (Wildman–Crippen MR) is 106 cm³/mol. The zero-order valence-electron chi connectivity index (χ0n) is 15.3. The Morgan fingerprint density at radius 3 is 2.70 bits per heavy atom. The van der Waals surface area contributed by atoms with Crippen molar-refractivity contribution in [2.24, 2.45) is 0 Å². The lowest BCUT2D eigenvalue weighted by Gasteiger charge is -2.26. The number of rotatable bonds is 5. The topological polar surface area (TPSA) is 70.4 Å². The van der Waals surface area contributed by atoms with E-state index < -0.39 is 5.56 Å². The fourth-order valence-electron chi connectivity index (χ4n) is 3.70. The number of fused-ring (bicyclic) bond motifs is 1. The first-order valence-electron chi connectivity index (χ1n) is 9.45. The highest BCUT2D eigenvalue weighted by molar-refractivity contribution is 5.88. The van der Waals surface area contributed by atoms with Crippen molar-refractivity contribution in [3.05, 3.63) is 70.1 Å². The number of nitrogens with zero attached hydrogens (tertiary/aromatic N) is 3. The second-order valence-corrected chi connectivity index (χ2v) is 7.09. The highest BCUT2D eigenvalue weighted by Gasteiger charge is 2.11. The third-order valence-corrected chi connectivity index (χ3v) is 5.08. The molecule has 6 nitrogen and oxygen atoms in total. The summed E-state index contributed by atoms with van der Waals surface area (Å²) in [7, 11) is 0. The van der Waals surface area contributed by atoms with Gasteiger partial charge in [0, 0.05) is 30.7 Å². The first-order valence-corrected chi connectivity index (χ1v) is 9.45. The Hall–Kier alpha value is -2.86. The summed E-state index contributed by atoms with van der Waals surface area (Å²) in [6.45, 7) is 3.95. The molecule has 0 saturated carbocycles. The predicted octanol–water partition coefficient (Wildman–Crippen LogP) is 3.23. The molecule has 2 N–H and O–H groups in total. The number of hydrogen-bond acceptors (Lipinski definition) is 5. The Balaban J connectivity index is 1.51. The molecular formula is C21H24N4O2. The van der Waals surface area contributed by atoms with Crippen LogP contribution in [0.15, 0.2) is 53.5 Å². The van der Waals surface area contributed by atoms with Crippen molar-refractivity contribution >= 4 is 16.7 Å². The molecule has 0 bridgehead atoms. The minimum Gasteiger partial charge on any atom is -0.423 e. The van der Waals surface area contributed by atoms with E-state index in [1.807, 2.05) is 6.07 Å². The van der Waals surface area contributed by atoms with Crippen LogP contribution < -0.4 is 10.9 Å². The molecule has 3 aromatic rings. The molecule has 0 amide bonds. The molecule has 0 radical (unpaired) electrons. The lowest BCUT2D eigenvalue weighted by atomic mass is 10.1. The smallest absolute Gasteiger partial charge is 0.286 e. The molecule has 1 fully saturated rings. The number of pyridine rings is 2. The second-order valence-electron chi connectivity index (χ2n) is 7.09. The van der Waals surface area contributed by atoms with E-state index in [4.69, 9.17) is 0 Å². The Bertz CT molecular complexity index is 993. The van der Waals surface area contributed by atoms with Crippen molar-refractivity contribution in [2.45, 2.75) is 32.4 Å². The maximum Gasteiger partial charge on any atom is 0.286 e. The van der Waals surface area contributed by atoms with Crippen LogP contribution in [0.25, 0.3) is 11.0 Å². The van der Waals surface area contributed by atoms with Gasteiger partial charge in [-0.25, -0.2) is 4.98 Å². The van der Waals surface area contributed by atoms with Crippen LogP contribution in [0.3, 0.4) is 0 Å². The number of nitrogens with one attached hydrogen (secondary N) is 1. The Morgan fingerprint density at radius 1 is 1.04 bits per heavy atom. The fourth-order valence-corrected chi connectivity index (χ4v) is 3.70. The van der Waals surface area contributed by atoms with Crippen LogP contribution >= 0.6 is 0 Å². The van der Waals surface area contributed by atoms with E-state index in [9.17, 15) is 10.0 Å². The molecule has 6 heteroatoms. The molecule has 0 atom stereocenters. The van der Waals surface area contributed by atoms with Gasteiger partial charge in [0.2, 0.25) is 0 Å². The van der Waals surface area contributed by atoms with Gasteiger partial charge in [0.05, 0.1) is 5.69 Å². The molecule has 140 valence electrons. The van der Waals surface area contributed by atoms with Gasteiger partial charge in [-0.2, -0.15) is 0 Å². The first kappa shape index (κ1) is 17.5. The molecule has 3 heterocycles. The van der Waals surface area contributed by atoms with Gasteiger partial charge in [-0.3, -0.25) is 9.69 Å². The largest absolute Gasteiger partial charge is 0.423 e. The van der Waals surface area contributed by atoms with Crippen LogP contribution in [0.1, 0.15) is 30.4 Å². The van der Waals surface area contributed by atoms with Crippen LogP contribution in [0.2, 0.25) is 0 Å². The monoisotopic (exact) mass is 364 g/mol. The summed E-state index contributed by atoms with van der Waals surface area (Å²) in [6.07, 6.45) is 5.48. The number of hydrogen-bond donors (Lipinski definition) is 2. The van der Waals surface area contributed by atoms with Crippen molar-refractivity contribution in [2.75, 3.05) is 18.4 Å². The zero-order valence-corrected chi connectivity index (χ0v) is 15.3. The number of benzene rings is 1. The third kappa shape index (κ3) is 3.95. The maximum atomic E-state index is 12.0. The van der Waals surface area contributed by atoms with Crippen molar-refractivity contribution in [1.82, 2.24) is 14.6 Å². The highest BCUT2D eigenvalue weighted by atomic mass is 16.5. The zero-order chi connectivity index (χ0) is 18.6. The normalized spacial score (nSPS) is 15.1. The van der Waals surface area contributed by atoms with Crippen molar-refractivity contribution < 1.29 is 5.21 Å². The SMILES string of the molecule is O=c1cc(NCc2cccc(CN3CCCCC3)c2)c2cccnc2n1O. The van der Waals surface area contributed by atoms with Crippen molar-refractivity contribution in [3.8, 4) is 0 Å². The lowest BCUT2D eigenvalue weighted by Crippen LogP contribution is -2.29. The van der Waals surface area contributed by atoms with Gasteiger partial charge < -0.3 is 10.5 Å². The van der Waals surface area contributed by atoms with Gasteiger partial charge in [-0.1, -0.05) is 30.7 Å². The average Bonchev–Trinajstić information content (AvgIpc) is 2.71. The summed E-state index contributed by atoms with van der Waals surface area (Å²) in [5.74, 6) is 0. The number of likely N-dealkylation sites (tertiary alicyclic amines) is 1. The van der Waals surface area contributed by atoms with Crippen LogP contribution in [-0.4, -0.2) is 32.9 Å². The molecule has 1 aromatic carbocycles. The Labute approximate surface area is 158 Å². The lowest BCUT2D eigenvalue weighted by molar-refractivity contribution is 0.187. The summed E-state index contributed by atoms with van der Waals surface area (Å²) in [5, 5.41) is 13.9. The maximum absolute atomic E-state index is 12.0. The van der Waals surface area contributed by atoms with Gasteiger partial charge >= 0.3 is 0 Å². The number of anilines is 1. The van der Waals surface area contributed by atoms with Crippen LogP contribution in [-0.2, 0) is 13.1 Å². The van der Waals surface area contributed by atoms with Gasteiger partial charge in [0.25, 0.3) is 5.56 Å². The molecule has 0 spiro atoms. The number of aromatic nitrogens is 2. The first-order chi connectivity index (χ1) is 13.2. The van der Waals surface area contributed by atoms with Crippen molar-refractivity contribution in [3.63, 3.8) is 0 Å².